The van der Waals surface area contributed by atoms with E-state index in [1.165, 1.54) is 12.8 Å². The van der Waals surface area contributed by atoms with Crippen LogP contribution in [-0.2, 0) is 0 Å². The second kappa shape index (κ2) is 1.85. The molecule has 2 bridgehead atoms. The fourth-order valence-corrected chi connectivity index (χ4v) is 5.76. The predicted molar refractivity (Wildman–Crippen MR) is 55.4 cm³/mol. The van der Waals surface area contributed by atoms with Gasteiger partial charge in [0.1, 0.15) is 0 Å². The maximum Gasteiger partial charge on any atom is -0.0179 e. The quantitative estimate of drug-likeness (QED) is 0.572. The van der Waals surface area contributed by atoms with Crippen LogP contribution in [0.5, 0.6) is 0 Å². The lowest BCUT2D eigenvalue weighted by atomic mass is 9.34. The average molecular weight is 178 g/mol. The van der Waals surface area contributed by atoms with Gasteiger partial charge in [0.25, 0.3) is 0 Å². The highest BCUT2D eigenvalue weighted by atomic mass is 14.8. The lowest BCUT2D eigenvalue weighted by Gasteiger charge is -2.70. The third-order valence-electron chi connectivity index (χ3n) is 6.69. The Labute approximate surface area is 82.1 Å². The van der Waals surface area contributed by atoms with Gasteiger partial charge in [-0.2, -0.15) is 0 Å². The van der Waals surface area contributed by atoms with E-state index in [0.717, 1.165) is 22.7 Å². The van der Waals surface area contributed by atoms with Crippen LogP contribution in [0.2, 0.25) is 0 Å². The Bertz CT molecular complexity index is 269. The van der Waals surface area contributed by atoms with E-state index in [4.69, 9.17) is 0 Å². The molecule has 0 heterocycles. The molecular formula is C13H22. The first-order valence-corrected chi connectivity index (χ1v) is 6.00. The van der Waals surface area contributed by atoms with Crippen LogP contribution in [0, 0.1) is 28.1 Å². The molecule has 13 heavy (non-hydrogen) atoms. The first-order valence-electron chi connectivity index (χ1n) is 6.00. The zero-order valence-electron chi connectivity index (χ0n) is 9.48. The lowest BCUT2D eigenvalue weighted by Crippen LogP contribution is -2.64. The molecule has 74 valence electrons. The molecule has 4 aliphatic carbocycles. The summed E-state index contributed by atoms with van der Waals surface area (Å²) in [7, 11) is 0. The molecule has 0 aliphatic heterocycles. The second-order valence-electron chi connectivity index (χ2n) is 6.50. The van der Waals surface area contributed by atoms with Crippen molar-refractivity contribution in [1.29, 1.82) is 0 Å². The molecule has 0 N–H and O–H groups in total. The summed E-state index contributed by atoms with van der Waals surface area (Å²) in [6.07, 6.45) is 6.04. The Balaban J connectivity index is 2.06. The molecular weight excluding hydrogens is 156 g/mol. The van der Waals surface area contributed by atoms with Crippen molar-refractivity contribution in [2.75, 3.05) is 0 Å². The molecule has 0 amide bonds. The highest BCUT2D eigenvalue weighted by molar-refractivity contribution is 5.29. The average Bonchev–Trinajstić information content (AvgIpc) is 2.43. The van der Waals surface area contributed by atoms with Crippen molar-refractivity contribution in [1.82, 2.24) is 0 Å². The summed E-state index contributed by atoms with van der Waals surface area (Å²) in [6, 6.07) is 0. The zero-order chi connectivity index (χ0) is 9.48. The summed E-state index contributed by atoms with van der Waals surface area (Å²) >= 11 is 0. The lowest BCUT2D eigenvalue weighted by molar-refractivity contribution is -0.222. The van der Waals surface area contributed by atoms with E-state index in [1.54, 1.807) is 12.8 Å². The van der Waals surface area contributed by atoms with Crippen LogP contribution in [0.25, 0.3) is 0 Å². The Hall–Kier alpha value is 0. The van der Waals surface area contributed by atoms with Crippen LogP contribution in [0.15, 0.2) is 0 Å². The monoisotopic (exact) mass is 178 g/mol. The Morgan fingerprint density at radius 2 is 2.00 bits per heavy atom. The molecule has 5 unspecified atom stereocenters. The van der Waals surface area contributed by atoms with Crippen molar-refractivity contribution < 1.29 is 0 Å². The first kappa shape index (κ1) is 8.32. The van der Waals surface area contributed by atoms with Gasteiger partial charge >= 0.3 is 0 Å². The summed E-state index contributed by atoms with van der Waals surface area (Å²) in [5.74, 6) is 2.13. The van der Waals surface area contributed by atoms with E-state index in [2.05, 4.69) is 27.7 Å². The molecule has 4 aliphatic rings. The largest absolute Gasteiger partial charge is 0.0648 e. The van der Waals surface area contributed by atoms with Gasteiger partial charge in [-0.15, -0.1) is 0 Å². The molecule has 0 aromatic heterocycles. The number of hydrogen-bond donors (Lipinski definition) is 0. The molecule has 0 saturated heterocycles. The third kappa shape index (κ3) is 0.521. The fraction of sp³-hybridized carbons (Fsp3) is 1.00. The predicted octanol–water partition coefficient (Wildman–Crippen LogP) is 3.86. The summed E-state index contributed by atoms with van der Waals surface area (Å²) in [5.41, 5.74) is 2.22. The van der Waals surface area contributed by atoms with E-state index in [1.807, 2.05) is 0 Å². The van der Waals surface area contributed by atoms with Crippen molar-refractivity contribution in [2.45, 2.75) is 53.4 Å². The van der Waals surface area contributed by atoms with E-state index in [9.17, 15) is 0 Å². The van der Waals surface area contributed by atoms with Crippen LogP contribution >= 0.6 is 0 Å². The van der Waals surface area contributed by atoms with Crippen molar-refractivity contribution in [3.05, 3.63) is 0 Å². The van der Waals surface area contributed by atoms with Gasteiger partial charge < -0.3 is 0 Å². The highest BCUT2D eigenvalue weighted by Crippen LogP contribution is 2.88. The maximum absolute atomic E-state index is 2.58. The zero-order valence-corrected chi connectivity index (χ0v) is 9.48. The van der Waals surface area contributed by atoms with Gasteiger partial charge in [0.2, 0.25) is 0 Å². The van der Waals surface area contributed by atoms with Gasteiger partial charge in [-0.25, -0.2) is 0 Å². The summed E-state index contributed by atoms with van der Waals surface area (Å²) in [4.78, 5) is 0. The summed E-state index contributed by atoms with van der Waals surface area (Å²) in [6.45, 7) is 10.0. The van der Waals surface area contributed by atoms with E-state index < -0.39 is 0 Å². The summed E-state index contributed by atoms with van der Waals surface area (Å²) in [5, 5.41) is 0. The van der Waals surface area contributed by atoms with Crippen molar-refractivity contribution in [3.63, 3.8) is 0 Å². The van der Waals surface area contributed by atoms with Crippen LogP contribution in [0.1, 0.15) is 53.4 Å². The minimum absolute atomic E-state index is 0.697. The smallest absolute Gasteiger partial charge is 0.0179 e. The van der Waals surface area contributed by atoms with Gasteiger partial charge in [-0.05, 0) is 53.8 Å². The normalized spacial score (nSPS) is 68.3. The molecule has 4 saturated carbocycles. The van der Waals surface area contributed by atoms with Gasteiger partial charge in [0.05, 0.1) is 0 Å². The Kier molecular flexibility index (Phi) is 1.19. The fourth-order valence-electron chi connectivity index (χ4n) is 5.76. The molecule has 0 aromatic rings. The molecule has 0 aromatic carbocycles. The minimum atomic E-state index is 0.697. The molecule has 0 radical (unpaired) electrons. The van der Waals surface area contributed by atoms with Crippen LogP contribution < -0.4 is 0 Å². The molecule has 5 atom stereocenters. The topological polar surface area (TPSA) is 0 Å². The summed E-state index contributed by atoms with van der Waals surface area (Å²) < 4.78 is 0. The molecule has 4 rings (SSSR count). The number of rotatable bonds is 1. The Morgan fingerprint density at radius 3 is 2.38 bits per heavy atom. The Morgan fingerprint density at radius 1 is 1.31 bits per heavy atom. The van der Waals surface area contributed by atoms with Crippen LogP contribution in [0.4, 0.5) is 0 Å². The molecule has 0 heteroatoms. The molecule has 1 spiro atoms. The van der Waals surface area contributed by atoms with E-state index in [-0.39, 0.29) is 0 Å². The van der Waals surface area contributed by atoms with Gasteiger partial charge in [0.15, 0.2) is 0 Å². The van der Waals surface area contributed by atoms with Crippen molar-refractivity contribution in [3.8, 4) is 0 Å². The highest BCUT2D eigenvalue weighted by Gasteiger charge is 2.81. The van der Waals surface area contributed by atoms with Crippen LogP contribution in [-0.4, -0.2) is 0 Å². The van der Waals surface area contributed by atoms with Crippen LogP contribution in [0.3, 0.4) is 0 Å². The van der Waals surface area contributed by atoms with Gasteiger partial charge in [-0.3, -0.25) is 0 Å². The van der Waals surface area contributed by atoms with E-state index >= 15 is 0 Å². The first-order chi connectivity index (χ1) is 6.00. The second-order valence-corrected chi connectivity index (χ2v) is 6.50. The van der Waals surface area contributed by atoms with Crippen molar-refractivity contribution in [2.24, 2.45) is 28.1 Å². The number of hydrogen-bond acceptors (Lipinski definition) is 0. The maximum atomic E-state index is 2.58. The third-order valence-corrected chi connectivity index (χ3v) is 6.69. The SMILES string of the molecule is CCC1(C)C2(C)CC3CC(C)C31C2. The van der Waals surface area contributed by atoms with Crippen molar-refractivity contribution >= 4 is 0 Å². The minimum Gasteiger partial charge on any atom is -0.0648 e. The van der Waals surface area contributed by atoms with Gasteiger partial charge in [0, 0.05) is 0 Å². The van der Waals surface area contributed by atoms with E-state index in [0.29, 0.717) is 5.41 Å². The molecule has 0 nitrogen and oxygen atoms in total. The standard InChI is InChI=1S/C13H22/c1-5-12(4)11(3)7-10-6-9(2)13(10,12)8-11/h9-10H,5-8H2,1-4H3. The molecule has 4 fully saturated rings. The van der Waals surface area contributed by atoms with Gasteiger partial charge in [-0.1, -0.05) is 27.7 Å².